The molecule has 4 rings (SSSR count). The van der Waals surface area contributed by atoms with Crippen LogP contribution in [-0.2, 0) is 19.4 Å². The topological polar surface area (TPSA) is 62.5 Å². The van der Waals surface area contributed by atoms with Gasteiger partial charge in [0.05, 0.1) is 11.7 Å². The molecule has 2 aromatic heterocycles. The highest BCUT2D eigenvalue weighted by Gasteiger charge is 2.34. The summed E-state index contributed by atoms with van der Waals surface area (Å²) in [7, 11) is 4.07. The van der Waals surface area contributed by atoms with Crippen molar-refractivity contribution in [2.45, 2.75) is 51.1 Å². The molecule has 0 aromatic carbocycles. The van der Waals surface area contributed by atoms with E-state index in [-0.39, 0.29) is 11.9 Å². The Labute approximate surface area is 154 Å². The number of carbonyl (C=O) groups is 1. The minimum absolute atomic E-state index is 0.0189. The van der Waals surface area contributed by atoms with Gasteiger partial charge in [-0.3, -0.25) is 9.78 Å². The lowest BCUT2D eigenvalue weighted by Gasteiger charge is -2.25. The molecule has 6 heteroatoms. The number of hydrogen-bond acceptors (Lipinski definition) is 5. The van der Waals surface area contributed by atoms with E-state index in [1.165, 1.54) is 5.56 Å². The Morgan fingerprint density at radius 1 is 1.31 bits per heavy atom. The number of pyridine rings is 1. The quantitative estimate of drug-likeness (QED) is 0.845. The first kappa shape index (κ1) is 17.2. The first-order chi connectivity index (χ1) is 12.6. The zero-order valence-electron chi connectivity index (χ0n) is 15.6. The molecule has 1 aliphatic heterocycles. The van der Waals surface area contributed by atoms with Gasteiger partial charge in [0.2, 0.25) is 0 Å². The molecule has 26 heavy (non-hydrogen) atoms. The minimum Gasteiger partial charge on any atom is -0.360 e. The maximum Gasteiger partial charge on any atom is 0.276 e. The van der Waals surface area contributed by atoms with Crippen LogP contribution in [-0.4, -0.2) is 46.5 Å². The van der Waals surface area contributed by atoms with Gasteiger partial charge in [-0.2, -0.15) is 0 Å². The highest BCUT2D eigenvalue weighted by atomic mass is 16.5. The number of hydrogen-bond donors (Lipinski definition) is 0. The molecule has 3 heterocycles. The van der Waals surface area contributed by atoms with E-state index in [1.54, 1.807) is 0 Å². The van der Waals surface area contributed by atoms with Crippen molar-refractivity contribution in [2.75, 3.05) is 20.6 Å². The molecular weight excluding hydrogens is 328 g/mol. The van der Waals surface area contributed by atoms with Crippen molar-refractivity contribution in [3.63, 3.8) is 0 Å². The van der Waals surface area contributed by atoms with Crippen LogP contribution in [0.5, 0.6) is 0 Å². The minimum atomic E-state index is 0.0189. The number of carbonyl (C=O) groups excluding carboxylic acids is 1. The summed E-state index contributed by atoms with van der Waals surface area (Å²) in [4.78, 5) is 21.7. The van der Waals surface area contributed by atoms with E-state index in [2.05, 4.69) is 21.1 Å². The largest absolute Gasteiger partial charge is 0.360 e. The first-order valence-corrected chi connectivity index (χ1v) is 9.51. The molecule has 1 atom stereocenters. The smallest absolute Gasteiger partial charge is 0.276 e. The van der Waals surface area contributed by atoms with E-state index in [0.29, 0.717) is 5.69 Å². The maximum atomic E-state index is 13.2. The van der Waals surface area contributed by atoms with Crippen LogP contribution >= 0.6 is 0 Å². The Morgan fingerprint density at radius 3 is 3.00 bits per heavy atom. The molecule has 2 aliphatic rings. The van der Waals surface area contributed by atoms with Crippen LogP contribution in [0.1, 0.15) is 64.8 Å². The van der Waals surface area contributed by atoms with Crippen LogP contribution in [0, 0.1) is 0 Å². The average molecular weight is 354 g/mol. The average Bonchev–Trinajstić information content (AvgIpc) is 3.28. The fourth-order valence-corrected chi connectivity index (χ4v) is 4.16. The van der Waals surface area contributed by atoms with Crippen LogP contribution in [0.3, 0.4) is 0 Å². The third-order valence-electron chi connectivity index (χ3n) is 5.37. The van der Waals surface area contributed by atoms with Gasteiger partial charge in [-0.1, -0.05) is 5.16 Å². The van der Waals surface area contributed by atoms with Crippen molar-refractivity contribution in [2.24, 2.45) is 0 Å². The molecule has 1 amide bonds. The summed E-state index contributed by atoms with van der Waals surface area (Å²) in [6, 6.07) is 4.27. The van der Waals surface area contributed by atoms with Gasteiger partial charge < -0.3 is 14.3 Å². The van der Waals surface area contributed by atoms with Crippen LogP contribution in [0.15, 0.2) is 22.9 Å². The second kappa shape index (κ2) is 7.19. The lowest BCUT2D eigenvalue weighted by atomic mass is 9.96. The Bertz CT molecular complexity index is 799. The Hall–Kier alpha value is -2.21. The van der Waals surface area contributed by atoms with E-state index in [0.717, 1.165) is 68.6 Å². The molecule has 1 saturated heterocycles. The van der Waals surface area contributed by atoms with Crippen molar-refractivity contribution >= 4 is 5.91 Å². The lowest BCUT2D eigenvalue weighted by Crippen LogP contribution is -2.31. The van der Waals surface area contributed by atoms with Gasteiger partial charge in [0.1, 0.15) is 5.76 Å². The standard InChI is InChI=1S/C20H26N4O2/c1-23(2)13-15-12-14(9-10-21-15)17-7-5-11-24(17)20(25)19-16-6-3-4-8-18(16)26-22-19/h9-10,12,17H,3-8,11,13H2,1-2H3. The van der Waals surface area contributed by atoms with E-state index < -0.39 is 0 Å². The highest BCUT2D eigenvalue weighted by molar-refractivity contribution is 5.94. The van der Waals surface area contributed by atoms with Crippen molar-refractivity contribution in [3.05, 3.63) is 46.6 Å². The molecule has 6 nitrogen and oxygen atoms in total. The number of aryl methyl sites for hydroxylation is 1. The van der Waals surface area contributed by atoms with Crippen LogP contribution < -0.4 is 0 Å². The molecule has 0 saturated carbocycles. The molecule has 138 valence electrons. The van der Waals surface area contributed by atoms with E-state index in [1.807, 2.05) is 31.3 Å². The predicted molar refractivity (Wildman–Crippen MR) is 97.8 cm³/mol. The van der Waals surface area contributed by atoms with Gasteiger partial charge in [-0.05, 0) is 63.9 Å². The predicted octanol–water partition coefficient (Wildman–Crippen LogP) is 2.99. The van der Waals surface area contributed by atoms with Gasteiger partial charge >= 0.3 is 0 Å². The highest BCUT2D eigenvalue weighted by Crippen LogP contribution is 2.34. The summed E-state index contributed by atoms with van der Waals surface area (Å²) in [6.07, 6.45) is 7.88. The molecule has 0 N–H and O–H groups in total. The monoisotopic (exact) mass is 354 g/mol. The van der Waals surface area contributed by atoms with Crippen LogP contribution in [0.25, 0.3) is 0 Å². The number of nitrogens with zero attached hydrogens (tertiary/aromatic N) is 4. The van der Waals surface area contributed by atoms with Crippen molar-refractivity contribution in [3.8, 4) is 0 Å². The lowest BCUT2D eigenvalue weighted by molar-refractivity contribution is 0.0724. The fourth-order valence-electron chi connectivity index (χ4n) is 4.16. The molecular formula is C20H26N4O2. The Balaban J connectivity index is 1.59. The summed E-state index contributed by atoms with van der Waals surface area (Å²) in [6.45, 7) is 1.57. The second-order valence-electron chi connectivity index (χ2n) is 7.61. The summed E-state index contributed by atoms with van der Waals surface area (Å²) < 4.78 is 5.46. The summed E-state index contributed by atoms with van der Waals surface area (Å²) in [5.41, 5.74) is 3.77. The molecule has 1 unspecified atom stereocenters. The van der Waals surface area contributed by atoms with E-state index in [4.69, 9.17) is 4.52 Å². The molecule has 2 aromatic rings. The normalized spacial score (nSPS) is 19.8. The molecule has 0 bridgehead atoms. The van der Waals surface area contributed by atoms with Gasteiger partial charge in [0.15, 0.2) is 5.69 Å². The fraction of sp³-hybridized carbons (Fsp3) is 0.550. The molecule has 0 radical (unpaired) electrons. The first-order valence-electron chi connectivity index (χ1n) is 9.51. The van der Waals surface area contributed by atoms with Gasteiger partial charge in [0.25, 0.3) is 5.91 Å². The van der Waals surface area contributed by atoms with Crippen LogP contribution in [0.2, 0.25) is 0 Å². The number of rotatable bonds is 4. The van der Waals surface area contributed by atoms with Gasteiger partial charge in [-0.25, -0.2) is 0 Å². The van der Waals surface area contributed by atoms with E-state index >= 15 is 0 Å². The summed E-state index contributed by atoms with van der Waals surface area (Å²) in [5, 5.41) is 4.14. The van der Waals surface area contributed by atoms with E-state index in [9.17, 15) is 4.79 Å². The number of likely N-dealkylation sites (tertiary alicyclic amines) is 1. The van der Waals surface area contributed by atoms with Crippen molar-refractivity contribution in [1.82, 2.24) is 19.9 Å². The second-order valence-corrected chi connectivity index (χ2v) is 7.61. The van der Waals surface area contributed by atoms with Gasteiger partial charge in [0, 0.05) is 31.3 Å². The van der Waals surface area contributed by atoms with Crippen molar-refractivity contribution < 1.29 is 9.32 Å². The Morgan fingerprint density at radius 2 is 2.15 bits per heavy atom. The number of fused-ring (bicyclic) bond motifs is 1. The number of aromatic nitrogens is 2. The summed E-state index contributed by atoms with van der Waals surface area (Å²) >= 11 is 0. The zero-order valence-corrected chi connectivity index (χ0v) is 15.6. The van der Waals surface area contributed by atoms with Gasteiger partial charge in [-0.15, -0.1) is 0 Å². The maximum absolute atomic E-state index is 13.2. The number of amides is 1. The third kappa shape index (κ3) is 3.26. The van der Waals surface area contributed by atoms with Crippen molar-refractivity contribution in [1.29, 1.82) is 0 Å². The third-order valence-corrected chi connectivity index (χ3v) is 5.37. The molecule has 1 aliphatic carbocycles. The SMILES string of the molecule is CN(C)Cc1cc(C2CCCN2C(=O)c2noc3c2CCCC3)ccn1. The zero-order chi connectivity index (χ0) is 18.1. The molecule has 1 fully saturated rings. The summed E-state index contributed by atoms with van der Waals surface area (Å²) in [5.74, 6) is 0.929. The Kier molecular flexibility index (Phi) is 4.76. The van der Waals surface area contributed by atoms with Crippen LogP contribution in [0.4, 0.5) is 0 Å². The molecule has 0 spiro atoms.